The number of nitrogens with one attached hydrogen (secondary N) is 2. The zero-order chi connectivity index (χ0) is 21.4. The molecule has 2 rings (SSSR count). The SMILES string of the molecule is CNC(=O)NC(=O)[C@@H](OC(=O)CCS(=O)(=O)c1ccc(C)cc1)c1ccccc1. The molecule has 0 unspecified atom stereocenters. The maximum atomic E-state index is 12.4. The average Bonchev–Trinajstić information content (AvgIpc) is 2.71. The summed E-state index contributed by atoms with van der Waals surface area (Å²) >= 11 is 0. The fraction of sp³-hybridized carbons (Fsp3) is 0.250. The lowest BCUT2D eigenvalue weighted by Gasteiger charge is -2.17. The van der Waals surface area contributed by atoms with Gasteiger partial charge in [0.25, 0.3) is 5.91 Å². The van der Waals surface area contributed by atoms with Gasteiger partial charge in [-0.15, -0.1) is 0 Å². The van der Waals surface area contributed by atoms with E-state index >= 15 is 0 Å². The van der Waals surface area contributed by atoms with E-state index in [9.17, 15) is 22.8 Å². The lowest BCUT2D eigenvalue weighted by molar-refractivity contribution is -0.155. The maximum absolute atomic E-state index is 12.4. The van der Waals surface area contributed by atoms with Crippen LogP contribution in [0.2, 0.25) is 0 Å². The molecule has 29 heavy (non-hydrogen) atoms. The predicted molar refractivity (Wildman–Crippen MR) is 106 cm³/mol. The number of aryl methyl sites for hydroxylation is 1. The quantitative estimate of drug-likeness (QED) is 0.663. The van der Waals surface area contributed by atoms with Crippen LogP contribution in [0, 0.1) is 6.92 Å². The molecule has 0 fully saturated rings. The minimum atomic E-state index is -3.68. The molecular weight excluding hydrogens is 396 g/mol. The zero-order valence-electron chi connectivity index (χ0n) is 16.0. The van der Waals surface area contributed by atoms with Gasteiger partial charge in [0, 0.05) is 12.6 Å². The second-order valence-corrected chi connectivity index (χ2v) is 8.34. The molecular formula is C20H22N2O6S. The third-order valence-corrected chi connectivity index (χ3v) is 5.74. The molecule has 8 nitrogen and oxygen atoms in total. The number of carbonyl (C=O) groups excluding carboxylic acids is 3. The van der Waals surface area contributed by atoms with E-state index in [1.807, 2.05) is 6.92 Å². The van der Waals surface area contributed by atoms with Crippen molar-refractivity contribution in [1.29, 1.82) is 0 Å². The highest BCUT2D eigenvalue weighted by Gasteiger charge is 2.27. The van der Waals surface area contributed by atoms with Gasteiger partial charge in [0.2, 0.25) is 6.10 Å². The van der Waals surface area contributed by atoms with Crippen molar-refractivity contribution >= 4 is 27.7 Å². The van der Waals surface area contributed by atoms with Gasteiger partial charge in [-0.2, -0.15) is 0 Å². The van der Waals surface area contributed by atoms with Crippen molar-refractivity contribution in [3.8, 4) is 0 Å². The number of urea groups is 1. The van der Waals surface area contributed by atoms with Crippen LogP contribution in [0.15, 0.2) is 59.5 Å². The van der Waals surface area contributed by atoms with Gasteiger partial charge < -0.3 is 10.1 Å². The van der Waals surface area contributed by atoms with Crippen molar-refractivity contribution in [3.63, 3.8) is 0 Å². The topological polar surface area (TPSA) is 119 Å². The van der Waals surface area contributed by atoms with Gasteiger partial charge in [-0.3, -0.25) is 14.9 Å². The molecule has 2 N–H and O–H groups in total. The molecule has 0 saturated carbocycles. The molecule has 3 amide bonds. The number of amides is 3. The van der Waals surface area contributed by atoms with Crippen LogP contribution < -0.4 is 10.6 Å². The van der Waals surface area contributed by atoms with Crippen LogP contribution in [0.25, 0.3) is 0 Å². The molecule has 0 spiro atoms. The second-order valence-electron chi connectivity index (χ2n) is 6.23. The number of rotatable bonds is 7. The van der Waals surface area contributed by atoms with E-state index in [4.69, 9.17) is 4.74 Å². The molecule has 0 bridgehead atoms. The molecule has 154 valence electrons. The van der Waals surface area contributed by atoms with Gasteiger partial charge in [0.15, 0.2) is 9.84 Å². The Kier molecular flexibility index (Phi) is 7.49. The summed E-state index contributed by atoms with van der Waals surface area (Å²) in [4.78, 5) is 36.1. The van der Waals surface area contributed by atoms with Crippen molar-refractivity contribution in [2.75, 3.05) is 12.8 Å². The van der Waals surface area contributed by atoms with Gasteiger partial charge in [-0.05, 0) is 19.1 Å². The first-order valence-electron chi connectivity index (χ1n) is 8.79. The normalized spacial score (nSPS) is 11.9. The highest BCUT2D eigenvalue weighted by atomic mass is 32.2. The summed E-state index contributed by atoms with van der Waals surface area (Å²) in [5.41, 5.74) is 1.26. The molecule has 9 heteroatoms. The van der Waals surface area contributed by atoms with E-state index < -0.39 is 46.0 Å². The van der Waals surface area contributed by atoms with Crippen molar-refractivity contribution in [3.05, 3.63) is 65.7 Å². The number of imide groups is 1. The lowest BCUT2D eigenvalue weighted by Crippen LogP contribution is -2.41. The first-order chi connectivity index (χ1) is 13.7. The van der Waals surface area contributed by atoms with Crippen LogP contribution >= 0.6 is 0 Å². The van der Waals surface area contributed by atoms with E-state index in [1.165, 1.54) is 19.2 Å². The molecule has 0 heterocycles. The molecule has 0 aliphatic rings. The summed E-state index contributed by atoms with van der Waals surface area (Å²) in [7, 11) is -2.35. The third kappa shape index (κ3) is 6.42. The second kappa shape index (κ2) is 9.83. The van der Waals surface area contributed by atoms with E-state index in [0.29, 0.717) is 5.56 Å². The summed E-state index contributed by atoms with van der Waals surface area (Å²) in [6.45, 7) is 1.83. The largest absolute Gasteiger partial charge is 0.447 e. The first kappa shape index (κ1) is 22.1. The first-order valence-corrected chi connectivity index (χ1v) is 10.4. The van der Waals surface area contributed by atoms with Gasteiger partial charge in [-0.25, -0.2) is 13.2 Å². The molecule has 2 aromatic carbocycles. The van der Waals surface area contributed by atoms with E-state index in [0.717, 1.165) is 5.56 Å². The summed E-state index contributed by atoms with van der Waals surface area (Å²) in [5.74, 6) is -2.18. The van der Waals surface area contributed by atoms with Gasteiger partial charge in [0.05, 0.1) is 17.1 Å². The Morgan fingerprint density at radius 3 is 2.21 bits per heavy atom. The Morgan fingerprint density at radius 1 is 1.00 bits per heavy atom. The van der Waals surface area contributed by atoms with Gasteiger partial charge in [-0.1, -0.05) is 48.0 Å². The Morgan fingerprint density at radius 2 is 1.62 bits per heavy atom. The summed E-state index contributed by atoms with van der Waals surface area (Å²) in [6.07, 6.45) is -1.82. The Bertz CT molecular complexity index is 972. The molecule has 2 aromatic rings. The van der Waals surface area contributed by atoms with E-state index in [1.54, 1.807) is 42.5 Å². The van der Waals surface area contributed by atoms with Crippen LogP contribution in [0.5, 0.6) is 0 Å². The Hall–Kier alpha value is -3.20. The van der Waals surface area contributed by atoms with Crippen LogP contribution in [0.1, 0.15) is 23.7 Å². The number of sulfone groups is 1. The maximum Gasteiger partial charge on any atom is 0.321 e. The van der Waals surface area contributed by atoms with Crippen LogP contribution in [0.3, 0.4) is 0 Å². The number of ether oxygens (including phenoxy) is 1. The van der Waals surface area contributed by atoms with Crippen LogP contribution in [0.4, 0.5) is 4.79 Å². The predicted octanol–water partition coefficient (Wildman–Crippen LogP) is 1.90. The van der Waals surface area contributed by atoms with Gasteiger partial charge >= 0.3 is 12.0 Å². The van der Waals surface area contributed by atoms with Gasteiger partial charge in [0.1, 0.15) is 0 Å². The standard InChI is InChI=1S/C20H22N2O6S/c1-14-8-10-16(11-9-14)29(26,27)13-12-17(23)28-18(15-6-4-3-5-7-15)19(24)22-20(25)21-2/h3-11,18H,12-13H2,1-2H3,(H2,21,22,24,25)/t18-/m0/s1. The summed E-state index contributed by atoms with van der Waals surface area (Å²) in [6, 6.07) is 13.6. The third-order valence-electron chi connectivity index (χ3n) is 4.01. The van der Waals surface area contributed by atoms with E-state index in [2.05, 4.69) is 10.6 Å². The molecule has 0 aliphatic heterocycles. The van der Waals surface area contributed by atoms with Crippen molar-refractivity contribution < 1.29 is 27.5 Å². The average molecular weight is 418 g/mol. The fourth-order valence-electron chi connectivity index (χ4n) is 2.41. The minimum absolute atomic E-state index is 0.105. The highest BCUT2D eigenvalue weighted by Crippen LogP contribution is 2.19. The smallest absolute Gasteiger partial charge is 0.321 e. The van der Waals surface area contributed by atoms with Crippen molar-refractivity contribution in [1.82, 2.24) is 10.6 Å². The zero-order valence-corrected chi connectivity index (χ0v) is 16.9. The highest BCUT2D eigenvalue weighted by molar-refractivity contribution is 7.91. The number of hydrogen-bond acceptors (Lipinski definition) is 6. The van der Waals surface area contributed by atoms with E-state index in [-0.39, 0.29) is 4.90 Å². The van der Waals surface area contributed by atoms with Crippen molar-refractivity contribution in [2.45, 2.75) is 24.3 Å². The van der Waals surface area contributed by atoms with Crippen molar-refractivity contribution in [2.24, 2.45) is 0 Å². The molecule has 0 aromatic heterocycles. The summed E-state index contributed by atoms with van der Waals surface area (Å²) < 4.78 is 30.0. The number of carbonyl (C=O) groups is 3. The molecule has 0 saturated heterocycles. The number of benzene rings is 2. The fourth-order valence-corrected chi connectivity index (χ4v) is 3.63. The molecule has 0 aliphatic carbocycles. The Balaban J connectivity index is 2.08. The summed E-state index contributed by atoms with van der Waals surface area (Å²) in [5, 5.41) is 4.28. The van der Waals surface area contributed by atoms with Crippen LogP contribution in [-0.2, 0) is 24.2 Å². The number of hydrogen-bond donors (Lipinski definition) is 2. The minimum Gasteiger partial charge on any atom is -0.447 e. The molecule has 0 radical (unpaired) electrons. The lowest BCUT2D eigenvalue weighted by atomic mass is 10.1. The molecule has 1 atom stereocenters. The number of esters is 1. The Labute approximate surface area is 169 Å². The monoisotopic (exact) mass is 418 g/mol. The van der Waals surface area contributed by atoms with Crippen LogP contribution in [-0.4, -0.2) is 39.1 Å².